The fourth-order valence-corrected chi connectivity index (χ4v) is 3.63. The highest BCUT2D eigenvalue weighted by molar-refractivity contribution is 5.65. The first kappa shape index (κ1) is 11.8. The van der Waals surface area contributed by atoms with Gasteiger partial charge in [0.05, 0.1) is 12.2 Å². The Morgan fingerprint density at radius 1 is 1.56 bits per heavy atom. The number of nitrogens with zero attached hydrogens (tertiary/aromatic N) is 2. The van der Waals surface area contributed by atoms with Crippen LogP contribution in [0.3, 0.4) is 0 Å². The summed E-state index contributed by atoms with van der Waals surface area (Å²) in [5.41, 5.74) is 4.45. The van der Waals surface area contributed by atoms with Crippen molar-refractivity contribution in [2.45, 2.75) is 46.6 Å². The smallest absolute Gasteiger partial charge is 0.302 e. The van der Waals surface area contributed by atoms with Crippen molar-refractivity contribution in [1.82, 2.24) is 9.78 Å². The van der Waals surface area contributed by atoms with Gasteiger partial charge in [-0.1, -0.05) is 13.8 Å². The van der Waals surface area contributed by atoms with E-state index in [2.05, 4.69) is 25.9 Å². The molecular weight excluding hydrogens is 228 g/mol. The Kier molecular flexibility index (Phi) is 2.34. The van der Waals surface area contributed by atoms with Crippen LogP contribution in [0.15, 0.2) is 0 Å². The molecule has 1 aromatic rings. The first-order valence-corrected chi connectivity index (χ1v) is 6.62. The average molecular weight is 248 g/mol. The van der Waals surface area contributed by atoms with Crippen LogP contribution in [-0.4, -0.2) is 22.4 Å². The average Bonchev–Trinajstić information content (AvgIpc) is 2.66. The van der Waals surface area contributed by atoms with Crippen LogP contribution in [0, 0.1) is 18.3 Å². The third-order valence-corrected chi connectivity index (χ3v) is 4.67. The standard InChI is InChI=1S/C14H20N2O2/c1-8-12-11(7-10-13(12)14(10,3)4)16(15-8)5-6-18-9(2)17/h10,13H,5-7H2,1-4H3. The quantitative estimate of drug-likeness (QED) is 0.769. The lowest BCUT2D eigenvalue weighted by Crippen LogP contribution is -2.13. The van der Waals surface area contributed by atoms with Gasteiger partial charge in [-0.05, 0) is 30.6 Å². The van der Waals surface area contributed by atoms with Crippen molar-refractivity contribution in [2.24, 2.45) is 11.3 Å². The minimum absolute atomic E-state index is 0.223. The number of aryl methyl sites for hydroxylation is 1. The normalized spacial score (nSPS) is 26.7. The molecule has 2 aliphatic carbocycles. The summed E-state index contributed by atoms with van der Waals surface area (Å²) >= 11 is 0. The van der Waals surface area contributed by atoms with Crippen molar-refractivity contribution in [3.63, 3.8) is 0 Å². The molecule has 2 aliphatic rings. The van der Waals surface area contributed by atoms with E-state index in [0.29, 0.717) is 24.5 Å². The molecule has 0 bridgehead atoms. The van der Waals surface area contributed by atoms with Gasteiger partial charge in [0.2, 0.25) is 0 Å². The summed E-state index contributed by atoms with van der Waals surface area (Å²) in [6.45, 7) is 9.33. The molecule has 0 aliphatic heterocycles. The maximum atomic E-state index is 10.8. The minimum atomic E-state index is -0.223. The number of carbonyl (C=O) groups excluding carboxylic acids is 1. The van der Waals surface area contributed by atoms with Gasteiger partial charge in [0.15, 0.2) is 0 Å². The predicted octanol–water partition coefficient (Wildman–Crippen LogP) is 2.05. The number of esters is 1. The summed E-state index contributed by atoms with van der Waals surface area (Å²) in [7, 11) is 0. The van der Waals surface area contributed by atoms with E-state index in [-0.39, 0.29) is 5.97 Å². The molecule has 0 N–H and O–H groups in total. The lowest BCUT2D eigenvalue weighted by Gasteiger charge is -2.10. The number of fused-ring (bicyclic) bond motifs is 3. The van der Waals surface area contributed by atoms with Crippen LogP contribution in [-0.2, 0) is 22.5 Å². The van der Waals surface area contributed by atoms with Crippen LogP contribution >= 0.6 is 0 Å². The summed E-state index contributed by atoms with van der Waals surface area (Å²) in [6, 6.07) is 0. The zero-order valence-corrected chi connectivity index (χ0v) is 11.5. The highest BCUT2D eigenvalue weighted by Crippen LogP contribution is 2.70. The monoisotopic (exact) mass is 248 g/mol. The molecule has 0 aromatic carbocycles. The van der Waals surface area contributed by atoms with Gasteiger partial charge in [-0.25, -0.2) is 0 Å². The number of carbonyl (C=O) groups is 1. The Morgan fingerprint density at radius 3 is 2.94 bits per heavy atom. The molecule has 1 heterocycles. The molecule has 2 unspecified atom stereocenters. The first-order valence-electron chi connectivity index (χ1n) is 6.62. The second kappa shape index (κ2) is 3.59. The summed E-state index contributed by atoms with van der Waals surface area (Å²) in [5.74, 6) is 1.28. The fraction of sp³-hybridized carbons (Fsp3) is 0.714. The maximum absolute atomic E-state index is 10.8. The zero-order chi connectivity index (χ0) is 13.1. The van der Waals surface area contributed by atoms with Gasteiger partial charge in [-0.2, -0.15) is 5.10 Å². The molecule has 0 radical (unpaired) electrons. The summed E-state index contributed by atoms with van der Waals surface area (Å²) in [5, 5.41) is 4.60. The first-order chi connectivity index (χ1) is 8.43. The van der Waals surface area contributed by atoms with Gasteiger partial charge in [0.1, 0.15) is 6.61 Å². The molecule has 18 heavy (non-hydrogen) atoms. The van der Waals surface area contributed by atoms with Crippen LogP contribution in [0.2, 0.25) is 0 Å². The lowest BCUT2D eigenvalue weighted by molar-refractivity contribution is -0.141. The zero-order valence-electron chi connectivity index (χ0n) is 11.5. The largest absolute Gasteiger partial charge is 0.464 e. The number of aromatic nitrogens is 2. The molecular formula is C14H20N2O2. The van der Waals surface area contributed by atoms with Crippen LogP contribution in [0.1, 0.15) is 43.6 Å². The number of ether oxygens (including phenoxy) is 1. The Labute approximate surface area is 107 Å². The van der Waals surface area contributed by atoms with Crippen LogP contribution in [0.25, 0.3) is 0 Å². The molecule has 0 saturated heterocycles. The van der Waals surface area contributed by atoms with Crippen molar-refractivity contribution in [1.29, 1.82) is 0 Å². The van der Waals surface area contributed by atoms with E-state index in [1.165, 1.54) is 18.2 Å². The fourth-order valence-electron chi connectivity index (χ4n) is 3.63. The van der Waals surface area contributed by atoms with Crippen molar-refractivity contribution in [3.8, 4) is 0 Å². The van der Waals surface area contributed by atoms with Gasteiger partial charge < -0.3 is 4.74 Å². The van der Waals surface area contributed by atoms with Crippen molar-refractivity contribution >= 4 is 5.97 Å². The second-order valence-electron chi connectivity index (χ2n) is 6.12. The van der Waals surface area contributed by atoms with Crippen LogP contribution in [0.5, 0.6) is 0 Å². The Hall–Kier alpha value is -1.32. The number of rotatable bonds is 3. The van der Waals surface area contributed by atoms with E-state index in [0.717, 1.165) is 18.0 Å². The van der Waals surface area contributed by atoms with Crippen molar-refractivity contribution < 1.29 is 9.53 Å². The summed E-state index contributed by atoms with van der Waals surface area (Å²) in [6.07, 6.45) is 1.13. The van der Waals surface area contributed by atoms with Crippen molar-refractivity contribution in [3.05, 3.63) is 17.0 Å². The minimum Gasteiger partial charge on any atom is -0.464 e. The maximum Gasteiger partial charge on any atom is 0.302 e. The summed E-state index contributed by atoms with van der Waals surface area (Å²) in [4.78, 5) is 10.8. The Balaban J connectivity index is 1.78. The molecule has 1 saturated carbocycles. The topological polar surface area (TPSA) is 44.1 Å². The molecule has 1 fully saturated rings. The van der Waals surface area contributed by atoms with E-state index in [9.17, 15) is 4.79 Å². The number of hydrogen-bond acceptors (Lipinski definition) is 3. The van der Waals surface area contributed by atoms with E-state index < -0.39 is 0 Å². The highest BCUT2D eigenvalue weighted by Gasteiger charge is 2.63. The van der Waals surface area contributed by atoms with Gasteiger partial charge in [-0.3, -0.25) is 9.48 Å². The van der Waals surface area contributed by atoms with Crippen LogP contribution in [0.4, 0.5) is 0 Å². The van der Waals surface area contributed by atoms with Gasteiger partial charge in [0, 0.05) is 18.2 Å². The molecule has 0 spiro atoms. The van der Waals surface area contributed by atoms with Crippen LogP contribution < -0.4 is 0 Å². The molecule has 2 atom stereocenters. The van der Waals surface area contributed by atoms with E-state index in [4.69, 9.17) is 4.74 Å². The molecule has 3 rings (SSSR count). The summed E-state index contributed by atoms with van der Waals surface area (Å²) < 4.78 is 7.03. The highest BCUT2D eigenvalue weighted by atomic mass is 16.5. The third-order valence-electron chi connectivity index (χ3n) is 4.67. The van der Waals surface area contributed by atoms with E-state index in [1.54, 1.807) is 0 Å². The lowest BCUT2D eigenvalue weighted by atomic mass is 9.98. The molecule has 4 nitrogen and oxygen atoms in total. The molecule has 0 amide bonds. The predicted molar refractivity (Wildman–Crippen MR) is 67.3 cm³/mol. The second-order valence-corrected chi connectivity index (χ2v) is 6.12. The van der Waals surface area contributed by atoms with Crippen molar-refractivity contribution in [2.75, 3.05) is 6.61 Å². The van der Waals surface area contributed by atoms with Gasteiger partial charge in [0.25, 0.3) is 0 Å². The van der Waals surface area contributed by atoms with E-state index >= 15 is 0 Å². The Morgan fingerprint density at radius 2 is 2.28 bits per heavy atom. The number of hydrogen-bond donors (Lipinski definition) is 0. The van der Waals surface area contributed by atoms with Gasteiger partial charge in [-0.15, -0.1) is 0 Å². The van der Waals surface area contributed by atoms with Gasteiger partial charge >= 0.3 is 5.97 Å². The molecule has 98 valence electrons. The Bertz CT molecular complexity index is 516. The molecule has 4 heteroatoms. The van der Waals surface area contributed by atoms with E-state index in [1.807, 2.05) is 4.68 Å². The third kappa shape index (κ3) is 1.51. The molecule has 1 aromatic heterocycles. The SMILES string of the molecule is CC(=O)OCCn1nc(C)c2c1CC1C2C1(C)C.